The third kappa shape index (κ3) is 4.85. The summed E-state index contributed by atoms with van der Waals surface area (Å²) in [6.07, 6.45) is 2.30. The maximum atomic E-state index is 12.6. The molecule has 0 fully saturated rings. The van der Waals surface area contributed by atoms with Gasteiger partial charge in [0.15, 0.2) is 6.10 Å². The van der Waals surface area contributed by atoms with Gasteiger partial charge < -0.3 is 10.1 Å². The number of hydrogen-bond acceptors (Lipinski definition) is 4. The first-order valence-electron chi connectivity index (χ1n) is 9.65. The number of fused-ring (bicyclic) bond motifs is 1. The van der Waals surface area contributed by atoms with Crippen molar-refractivity contribution in [1.29, 1.82) is 0 Å². The van der Waals surface area contributed by atoms with E-state index in [9.17, 15) is 14.4 Å². The number of benzene rings is 2. The van der Waals surface area contributed by atoms with Crippen LogP contribution < -0.4 is 5.32 Å². The van der Waals surface area contributed by atoms with Crippen molar-refractivity contribution in [2.75, 3.05) is 0 Å². The molecule has 146 valence electrons. The lowest BCUT2D eigenvalue weighted by Crippen LogP contribution is -2.35. The van der Waals surface area contributed by atoms with Crippen LogP contribution in [-0.4, -0.2) is 29.8 Å². The van der Waals surface area contributed by atoms with E-state index in [2.05, 4.69) is 5.32 Å². The molecule has 0 radical (unpaired) electrons. The highest BCUT2D eigenvalue weighted by molar-refractivity contribution is 6.00. The zero-order valence-corrected chi connectivity index (χ0v) is 16.2. The average molecular weight is 379 g/mol. The number of ketones is 1. The summed E-state index contributed by atoms with van der Waals surface area (Å²) >= 11 is 0. The van der Waals surface area contributed by atoms with Gasteiger partial charge in [0, 0.05) is 17.2 Å². The number of ether oxygens (including phenoxy) is 1. The monoisotopic (exact) mass is 379 g/mol. The van der Waals surface area contributed by atoms with Crippen molar-refractivity contribution in [3.8, 4) is 0 Å². The van der Waals surface area contributed by atoms with Gasteiger partial charge in [-0.2, -0.15) is 0 Å². The highest BCUT2D eigenvalue weighted by Gasteiger charge is 2.23. The Bertz CT molecular complexity index is 875. The second kappa shape index (κ2) is 8.83. The van der Waals surface area contributed by atoms with E-state index in [-0.39, 0.29) is 18.1 Å². The number of hydrogen-bond donors (Lipinski definition) is 1. The second-order valence-corrected chi connectivity index (χ2v) is 7.28. The van der Waals surface area contributed by atoms with Crippen molar-refractivity contribution in [2.45, 2.75) is 51.7 Å². The van der Waals surface area contributed by atoms with Crippen LogP contribution >= 0.6 is 0 Å². The number of rotatable bonds is 7. The summed E-state index contributed by atoms with van der Waals surface area (Å²) in [5.74, 6) is -0.963. The van der Waals surface area contributed by atoms with Gasteiger partial charge >= 0.3 is 5.97 Å². The minimum atomic E-state index is -0.857. The highest BCUT2D eigenvalue weighted by Crippen LogP contribution is 2.23. The van der Waals surface area contributed by atoms with Gasteiger partial charge in [0.25, 0.3) is 5.91 Å². The van der Waals surface area contributed by atoms with E-state index < -0.39 is 18.1 Å². The predicted molar refractivity (Wildman–Crippen MR) is 106 cm³/mol. The Balaban J connectivity index is 1.51. The topological polar surface area (TPSA) is 72.5 Å². The standard InChI is InChI=1S/C23H25NO4/c1-15(24-23(27)18-7-4-3-5-8-18)13-21(25)28-16(2)22(26)20-12-11-17-9-6-10-19(17)14-20/h3-5,7-8,11-12,14-16H,6,9-10,13H2,1-2H3,(H,24,27). The van der Waals surface area contributed by atoms with Gasteiger partial charge in [-0.1, -0.05) is 30.3 Å². The molecule has 3 rings (SSSR count). The van der Waals surface area contributed by atoms with Crippen LogP contribution in [0.5, 0.6) is 0 Å². The van der Waals surface area contributed by atoms with Crippen molar-refractivity contribution in [3.63, 3.8) is 0 Å². The van der Waals surface area contributed by atoms with Crippen LogP contribution in [0, 0.1) is 0 Å². The van der Waals surface area contributed by atoms with Crippen LogP contribution in [0.1, 0.15) is 58.5 Å². The summed E-state index contributed by atoms with van der Waals surface area (Å²) in [6, 6.07) is 14.1. The van der Waals surface area contributed by atoms with Crippen molar-refractivity contribution in [2.24, 2.45) is 0 Å². The molecular weight excluding hydrogens is 354 g/mol. The number of Topliss-reactive ketones (excluding diaryl/α,β-unsaturated/α-hetero) is 1. The van der Waals surface area contributed by atoms with Gasteiger partial charge in [0.05, 0.1) is 6.42 Å². The molecule has 5 nitrogen and oxygen atoms in total. The van der Waals surface area contributed by atoms with E-state index in [1.165, 1.54) is 11.1 Å². The molecule has 1 N–H and O–H groups in total. The van der Waals surface area contributed by atoms with Crippen LogP contribution in [0.3, 0.4) is 0 Å². The molecule has 0 saturated carbocycles. The highest BCUT2D eigenvalue weighted by atomic mass is 16.5. The summed E-state index contributed by atoms with van der Waals surface area (Å²) in [4.78, 5) is 36.9. The summed E-state index contributed by atoms with van der Waals surface area (Å²) in [6.45, 7) is 3.32. The Morgan fingerprint density at radius 1 is 0.964 bits per heavy atom. The van der Waals surface area contributed by atoms with Gasteiger partial charge in [0.2, 0.25) is 5.78 Å². The van der Waals surface area contributed by atoms with Crippen molar-refractivity contribution >= 4 is 17.7 Å². The number of nitrogens with one attached hydrogen (secondary N) is 1. The van der Waals surface area contributed by atoms with Gasteiger partial charge in [-0.25, -0.2) is 0 Å². The molecule has 0 aromatic heterocycles. The fourth-order valence-electron chi connectivity index (χ4n) is 3.46. The van der Waals surface area contributed by atoms with Crippen LogP contribution in [0.25, 0.3) is 0 Å². The Kier molecular flexibility index (Phi) is 6.24. The molecule has 2 aromatic carbocycles. The number of carbonyl (C=O) groups excluding carboxylic acids is 3. The third-order valence-electron chi connectivity index (χ3n) is 4.95. The minimum Gasteiger partial charge on any atom is -0.454 e. The Labute approximate surface area is 165 Å². The lowest BCUT2D eigenvalue weighted by Gasteiger charge is -2.16. The molecule has 0 spiro atoms. The van der Waals surface area contributed by atoms with Crippen LogP contribution in [0.2, 0.25) is 0 Å². The van der Waals surface area contributed by atoms with Crippen LogP contribution in [0.4, 0.5) is 0 Å². The molecule has 2 atom stereocenters. The fourth-order valence-corrected chi connectivity index (χ4v) is 3.46. The van der Waals surface area contributed by atoms with E-state index in [1.54, 1.807) is 44.2 Å². The van der Waals surface area contributed by atoms with Crippen molar-refractivity contribution in [1.82, 2.24) is 5.32 Å². The molecule has 0 bridgehead atoms. The Morgan fingerprint density at radius 3 is 2.43 bits per heavy atom. The minimum absolute atomic E-state index is 0.000378. The number of amides is 1. The maximum Gasteiger partial charge on any atom is 0.308 e. The lowest BCUT2D eigenvalue weighted by atomic mass is 10.0. The van der Waals surface area contributed by atoms with Crippen LogP contribution in [0.15, 0.2) is 48.5 Å². The van der Waals surface area contributed by atoms with E-state index >= 15 is 0 Å². The second-order valence-electron chi connectivity index (χ2n) is 7.28. The first-order valence-corrected chi connectivity index (χ1v) is 9.65. The molecule has 0 saturated heterocycles. The first-order chi connectivity index (χ1) is 13.4. The fraction of sp³-hybridized carbons (Fsp3) is 0.348. The lowest BCUT2D eigenvalue weighted by molar-refractivity contribution is -0.146. The molecule has 2 unspecified atom stereocenters. The maximum absolute atomic E-state index is 12.6. The Hall–Kier alpha value is -2.95. The summed E-state index contributed by atoms with van der Waals surface area (Å²) in [7, 11) is 0. The quantitative estimate of drug-likeness (QED) is 0.590. The predicted octanol–water partition coefficient (Wildman–Crippen LogP) is 3.50. The molecule has 2 aromatic rings. The third-order valence-corrected chi connectivity index (χ3v) is 4.95. The van der Waals surface area contributed by atoms with Gasteiger partial charge in [-0.15, -0.1) is 0 Å². The molecule has 1 aliphatic rings. The van der Waals surface area contributed by atoms with Crippen molar-refractivity contribution in [3.05, 3.63) is 70.8 Å². The Morgan fingerprint density at radius 2 is 1.68 bits per heavy atom. The molecule has 28 heavy (non-hydrogen) atoms. The van der Waals surface area contributed by atoms with Gasteiger partial charge in [-0.05, 0) is 62.4 Å². The summed E-state index contributed by atoms with van der Waals surface area (Å²) in [5, 5.41) is 2.76. The van der Waals surface area contributed by atoms with Crippen molar-refractivity contribution < 1.29 is 19.1 Å². The zero-order valence-electron chi connectivity index (χ0n) is 16.2. The zero-order chi connectivity index (χ0) is 20.1. The van der Waals surface area contributed by atoms with E-state index in [1.807, 2.05) is 18.2 Å². The molecule has 0 aliphatic heterocycles. The SMILES string of the molecule is CC(CC(=O)OC(C)C(=O)c1ccc2c(c1)CCC2)NC(=O)c1ccccc1. The average Bonchev–Trinajstić information content (AvgIpc) is 3.15. The van der Waals surface area contributed by atoms with Crippen LogP contribution in [-0.2, 0) is 22.4 Å². The molecule has 1 amide bonds. The largest absolute Gasteiger partial charge is 0.454 e. The molecule has 1 aliphatic carbocycles. The van der Waals surface area contributed by atoms with E-state index in [0.717, 1.165) is 19.3 Å². The van der Waals surface area contributed by atoms with Gasteiger partial charge in [0.1, 0.15) is 0 Å². The van der Waals surface area contributed by atoms with Gasteiger partial charge in [-0.3, -0.25) is 14.4 Å². The van der Waals surface area contributed by atoms with E-state index in [4.69, 9.17) is 4.74 Å². The normalized spacial score (nSPS) is 14.6. The van der Waals surface area contributed by atoms with E-state index in [0.29, 0.717) is 11.1 Å². The number of carbonyl (C=O) groups is 3. The molecule has 5 heteroatoms. The number of esters is 1. The number of aryl methyl sites for hydroxylation is 2. The molecular formula is C23H25NO4. The summed E-state index contributed by atoms with van der Waals surface area (Å²) < 4.78 is 5.30. The summed E-state index contributed by atoms with van der Waals surface area (Å²) in [5.41, 5.74) is 3.61. The smallest absolute Gasteiger partial charge is 0.308 e. The first kappa shape index (κ1) is 19.8. The molecule has 0 heterocycles.